The van der Waals surface area contributed by atoms with Gasteiger partial charge < -0.3 is 4.90 Å². The molecule has 0 atom stereocenters. The number of carbonyl (C=O) groups excluding carboxylic acids is 1. The van der Waals surface area contributed by atoms with Gasteiger partial charge in [-0.1, -0.05) is 15.9 Å². The Morgan fingerprint density at radius 2 is 2.11 bits per heavy atom. The van der Waals surface area contributed by atoms with Gasteiger partial charge >= 0.3 is 0 Å². The minimum Gasteiger partial charge on any atom is -0.336 e. The van der Waals surface area contributed by atoms with E-state index >= 15 is 0 Å². The van der Waals surface area contributed by atoms with Gasteiger partial charge in [0.1, 0.15) is 0 Å². The van der Waals surface area contributed by atoms with Crippen molar-refractivity contribution in [3.63, 3.8) is 0 Å². The average molecular weight is 410 g/mol. The van der Waals surface area contributed by atoms with E-state index in [1.54, 1.807) is 0 Å². The number of hydrogen-bond donors (Lipinski definition) is 0. The molecule has 0 radical (unpaired) electrons. The van der Waals surface area contributed by atoms with Crippen LogP contribution in [-0.4, -0.2) is 29.3 Å². The van der Waals surface area contributed by atoms with Crippen LogP contribution in [0.3, 0.4) is 0 Å². The van der Waals surface area contributed by atoms with Crippen LogP contribution in [0.25, 0.3) is 0 Å². The first-order chi connectivity index (χ1) is 9.13. The maximum atomic E-state index is 12.7. The van der Waals surface area contributed by atoms with Crippen LogP contribution in [0.1, 0.15) is 36.0 Å². The second kappa shape index (κ2) is 7.09. The van der Waals surface area contributed by atoms with Crippen LogP contribution in [-0.2, 0) is 0 Å². The lowest BCUT2D eigenvalue weighted by Gasteiger charge is -2.37. The summed E-state index contributed by atoms with van der Waals surface area (Å²) >= 11 is 12.6. The third-order valence-electron chi connectivity index (χ3n) is 3.47. The molecule has 1 amide bonds. The summed E-state index contributed by atoms with van der Waals surface area (Å²) in [6.07, 6.45) is 4.28. The summed E-state index contributed by atoms with van der Waals surface area (Å²) in [5.74, 6) is 0.693. The van der Waals surface area contributed by atoms with Gasteiger partial charge in [-0.05, 0) is 59.8 Å². The number of alkyl halides is 1. The number of nitrogens with zero attached hydrogens (tertiary/aromatic N) is 1. The zero-order valence-corrected chi connectivity index (χ0v) is 14.5. The second-order valence-electron chi connectivity index (χ2n) is 4.75. The van der Waals surface area contributed by atoms with Crippen molar-refractivity contribution in [3.8, 4) is 0 Å². The Morgan fingerprint density at radius 1 is 1.37 bits per heavy atom. The molecule has 104 valence electrons. The minimum atomic E-state index is 0.1000. The van der Waals surface area contributed by atoms with Crippen LogP contribution in [0.2, 0.25) is 0 Å². The molecule has 1 saturated carbocycles. The van der Waals surface area contributed by atoms with Crippen LogP contribution in [0.5, 0.6) is 0 Å². The molecule has 5 heteroatoms. The standard InChI is InChI=1S/C14H16Br2ClNO/c15-10-5-6-13(16)12(9-10)14(19)18(8-2-7-17)11-3-1-4-11/h5-6,9,11H,1-4,7-8H2. The highest BCUT2D eigenvalue weighted by Gasteiger charge is 2.29. The van der Waals surface area contributed by atoms with E-state index in [-0.39, 0.29) is 5.91 Å². The molecule has 0 saturated heterocycles. The Balaban J connectivity index is 2.19. The molecule has 0 N–H and O–H groups in total. The molecule has 1 aromatic carbocycles. The molecule has 2 nitrogen and oxygen atoms in total. The Morgan fingerprint density at radius 3 is 2.68 bits per heavy atom. The van der Waals surface area contributed by atoms with Gasteiger partial charge in [-0.25, -0.2) is 0 Å². The molecule has 2 rings (SSSR count). The first kappa shape index (κ1) is 15.3. The van der Waals surface area contributed by atoms with Crippen molar-refractivity contribution in [2.45, 2.75) is 31.7 Å². The third kappa shape index (κ3) is 3.73. The Kier molecular flexibility index (Phi) is 5.72. The molecule has 1 aliphatic carbocycles. The van der Waals surface area contributed by atoms with Crippen molar-refractivity contribution in [1.82, 2.24) is 4.90 Å². The smallest absolute Gasteiger partial charge is 0.255 e. The molecule has 1 aliphatic rings. The zero-order chi connectivity index (χ0) is 13.8. The average Bonchev–Trinajstić information content (AvgIpc) is 2.34. The fraction of sp³-hybridized carbons (Fsp3) is 0.500. The summed E-state index contributed by atoms with van der Waals surface area (Å²) in [6.45, 7) is 0.742. The number of benzene rings is 1. The lowest BCUT2D eigenvalue weighted by atomic mass is 9.91. The predicted octanol–water partition coefficient (Wildman–Crippen LogP) is 4.84. The fourth-order valence-electron chi connectivity index (χ4n) is 2.19. The van der Waals surface area contributed by atoms with Crippen LogP contribution in [0.4, 0.5) is 0 Å². The van der Waals surface area contributed by atoms with E-state index in [1.165, 1.54) is 6.42 Å². The number of amides is 1. The lowest BCUT2D eigenvalue weighted by Crippen LogP contribution is -2.45. The quantitative estimate of drug-likeness (QED) is 0.638. The van der Waals surface area contributed by atoms with Crippen LogP contribution < -0.4 is 0 Å². The summed E-state index contributed by atoms with van der Waals surface area (Å²) in [6, 6.07) is 6.09. The van der Waals surface area contributed by atoms with Crippen molar-refractivity contribution in [2.75, 3.05) is 12.4 Å². The molecule has 1 aromatic rings. The van der Waals surface area contributed by atoms with Gasteiger partial charge in [0.2, 0.25) is 0 Å². The maximum Gasteiger partial charge on any atom is 0.255 e. The molecule has 0 aromatic heterocycles. The van der Waals surface area contributed by atoms with Crippen LogP contribution in [0, 0.1) is 0 Å². The molecular formula is C14H16Br2ClNO. The minimum absolute atomic E-state index is 0.1000. The van der Waals surface area contributed by atoms with E-state index in [0.717, 1.165) is 40.3 Å². The number of halogens is 3. The predicted molar refractivity (Wildman–Crippen MR) is 85.9 cm³/mol. The van der Waals surface area contributed by atoms with Crippen molar-refractivity contribution in [3.05, 3.63) is 32.7 Å². The highest BCUT2D eigenvalue weighted by molar-refractivity contribution is 9.11. The molecule has 0 aliphatic heterocycles. The monoisotopic (exact) mass is 407 g/mol. The maximum absolute atomic E-state index is 12.7. The summed E-state index contributed by atoms with van der Waals surface area (Å²) < 4.78 is 1.76. The Bertz CT molecular complexity index is 463. The van der Waals surface area contributed by atoms with Gasteiger partial charge in [-0.3, -0.25) is 4.79 Å². The fourth-order valence-corrected chi connectivity index (χ4v) is 3.09. The molecule has 0 bridgehead atoms. The molecule has 0 spiro atoms. The summed E-state index contributed by atoms with van der Waals surface area (Å²) in [7, 11) is 0. The number of rotatable bonds is 5. The third-order valence-corrected chi connectivity index (χ3v) is 4.92. The van der Waals surface area contributed by atoms with E-state index in [0.29, 0.717) is 11.9 Å². The van der Waals surface area contributed by atoms with Gasteiger partial charge in [0.05, 0.1) is 5.56 Å². The molecule has 19 heavy (non-hydrogen) atoms. The number of carbonyl (C=O) groups is 1. The largest absolute Gasteiger partial charge is 0.336 e. The van der Waals surface area contributed by atoms with E-state index in [4.69, 9.17) is 11.6 Å². The summed E-state index contributed by atoms with van der Waals surface area (Å²) in [5, 5.41) is 0. The van der Waals surface area contributed by atoms with Crippen molar-refractivity contribution < 1.29 is 4.79 Å². The Labute approximate surface area is 135 Å². The van der Waals surface area contributed by atoms with Crippen LogP contribution in [0.15, 0.2) is 27.1 Å². The number of hydrogen-bond acceptors (Lipinski definition) is 1. The van der Waals surface area contributed by atoms with E-state index in [9.17, 15) is 4.79 Å². The van der Waals surface area contributed by atoms with Gasteiger partial charge in [0.15, 0.2) is 0 Å². The molecule has 0 unspecified atom stereocenters. The first-order valence-corrected chi connectivity index (χ1v) is 8.57. The van der Waals surface area contributed by atoms with E-state index < -0.39 is 0 Å². The Hall–Kier alpha value is -0.0600. The van der Waals surface area contributed by atoms with Gasteiger partial charge in [-0.15, -0.1) is 11.6 Å². The van der Waals surface area contributed by atoms with Gasteiger partial charge in [-0.2, -0.15) is 0 Å². The molecule has 1 fully saturated rings. The van der Waals surface area contributed by atoms with Crippen LogP contribution >= 0.6 is 43.5 Å². The SMILES string of the molecule is O=C(c1cc(Br)ccc1Br)N(CCCCl)C1CCC1. The zero-order valence-electron chi connectivity index (χ0n) is 10.5. The van der Waals surface area contributed by atoms with E-state index in [2.05, 4.69) is 31.9 Å². The van der Waals surface area contributed by atoms with Gasteiger partial charge in [0.25, 0.3) is 5.91 Å². The topological polar surface area (TPSA) is 20.3 Å². The highest BCUT2D eigenvalue weighted by atomic mass is 79.9. The first-order valence-electron chi connectivity index (χ1n) is 6.45. The van der Waals surface area contributed by atoms with E-state index in [1.807, 2.05) is 23.1 Å². The summed E-state index contributed by atoms with van der Waals surface area (Å²) in [4.78, 5) is 14.7. The summed E-state index contributed by atoms with van der Waals surface area (Å²) in [5.41, 5.74) is 0.718. The lowest BCUT2D eigenvalue weighted by molar-refractivity contribution is 0.0580. The highest BCUT2D eigenvalue weighted by Crippen LogP contribution is 2.29. The molecule has 0 heterocycles. The molecular weight excluding hydrogens is 393 g/mol. The van der Waals surface area contributed by atoms with Crippen molar-refractivity contribution in [2.24, 2.45) is 0 Å². The van der Waals surface area contributed by atoms with Crippen molar-refractivity contribution in [1.29, 1.82) is 0 Å². The van der Waals surface area contributed by atoms with Crippen molar-refractivity contribution >= 4 is 49.4 Å². The van der Waals surface area contributed by atoms with Gasteiger partial charge in [0, 0.05) is 27.4 Å². The normalized spacial score (nSPS) is 15.1. The second-order valence-corrected chi connectivity index (χ2v) is 6.90.